The highest BCUT2D eigenvalue weighted by molar-refractivity contribution is 5.11. The fraction of sp³-hybridized carbons (Fsp3) is 0.706. The van der Waals surface area contributed by atoms with Crippen molar-refractivity contribution in [3.05, 3.63) is 29.6 Å². The highest BCUT2D eigenvalue weighted by Gasteiger charge is 2.20. The van der Waals surface area contributed by atoms with Gasteiger partial charge in [-0.1, -0.05) is 13.0 Å². The number of hydrogen-bond donors (Lipinski definition) is 1. The fourth-order valence-corrected chi connectivity index (χ4v) is 2.86. The number of aromatic nitrogens is 1. The Balaban J connectivity index is 1.52. The van der Waals surface area contributed by atoms with Crippen molar-refractivity contribution >= 4 is 0 Å². The van der Waals surface area contributed by atoms with Gasteiger partial charge in [0.2, 0.25) is 0 Å². The second-order valence-corrected chi connectivity index (χ2v) is 6.24. The van der Waals surface area contributed by atoms with Crippen LogP contribution in [0.5, 0.6) is 0 Å². The molecule has 4 heteroatoms. The molecule has 1 unspecified atom stereocenters. The van der Waals surface area contributed by atoms with Gasteiger partial charge in [0.15, 0.2) is 0 Å². The Morgan fingerprint density at radius 3 is 2.86 bits per heavy atom. The van der Waals surface area contributed by atoms with Crippen LogP contribution in [0.1, 0.15) is 44.0 Å². The van der Waals surface area contributed by atoms with Crippen LogP contribution in [0.3, 0.4) is 0 Å². The van der Waals surface area contributed by atoms with Crippen LogP contribution in [0, 0.1) is 0 Å². The lowest BCUT2D eigenvalue weighted by molar-refractivity contribution is 0.0721. The van der Waals surface area contributed by atoms with Crippen LogP contribution >= 0.6 is 0 Å². The number of pyridine rings is 1. The van der Waals surface area contributed by atoms with Crippen molar-refractivity contribution in [3.8, 4) is 0 Å². The Morgan fingerprint density at radius 1 is 1.29 bits per heavy atom. The molecule has 116 valence electrons. The first kappa shape index (κ1) is 14.9. The van der Waals surface area contributed by atoms with Crippen LogP contribution in [0.2, 0.25) is 0 Å². The van der Waals surface area contributed by atoms with E-state index in [1.165, 1.54) is 31.4 Å². The lowest BCUT2D eigenvalue weighted by Gasteiger charge is -2.23. The number of nitrogens with zero attached hydrogens (tertiary/aromatic N) is 2. The molecular formula is C17H27N3O. The van der Waals surface area contributed by atoms with E-state index in [1.807, 2.05) is 0 Å². The van der Waals surface area contributed by atoms with Gasteiger partial charge >= 0.3 is 0 Å². The minimum Gasteiger partial charge on any atom is -0.377 e. The van der Waals surface area contributed by atoms with Gasteiger partial charge in [0.25, 0.3) is 0 Å². The smallest absolute Gasteiger partial charge is 0.0702 e. The first-order chi connectivity index (χ1) is 10.3. The third-order valence-electron chi connectivity index (χ3n) is 4.33. The summed E-state index contributed by atoms with van der Waals surface area (Å²) in [6.07, 6.45) is 5.48. The third kappa shape index (κ3) is 4.77. The summed E-state index contributed by atoms with van der Waals surface area (Å²) in [5.41, 5.74) is 2.33. The molecule has 1 saturated heterocycles. The highest BCUT2D eigenvalue weighted by atomic mass is 16.5. The number of ether oxygens (including phenoxy) is 1. The summed E-state index contributed by atoms with van der Waals surface area (Å²) in [6, 6.07) is 7.13. The largest absolute Gasteiger partial charge is 0.377 e. The lowest BCUT2D eigenvalue weighted by atomic mass is 10.2. The van der Waals surface area contributed by atoms with E-state index in [0.29, 0.717) is 6.10 Å². The molecule has 1 aromatic heterocycles. The zero-order valence-electron chi connectivity index (χ0n) is 13.1. The molecule has 1 N–H and O–H groups in total. The molecule has 2 fully saturated rings. The monoisotopic (exact) mass is 289 g/mol. The van der Waals surface area contributed by atoms with Crippen LogP contribution in [0.4, 0.5) is 0 Å². The third-order valence-corrected chi connectivity index (χ3v) is 4.33. The molecule has 3 rings (SSSR count). The summed E-state index contributed by atoms with van der Waals surface area (Å²) < 4.78 is 5.75. The van der Waals surface area contributed by atoms with E-state index in [0.717, 1.165) is 44.5 Å². The summed E-state index contributed by atoms with van der Waals surface area (Å²) in [6.45, 7) is 7.05. The Hall–Kier alpha value is -0.970. The molecule has 0 aromatic carbocycles. The van der Waals surface area contributed by atoms with Gasteiger partial charge in [-0.2, -0.15) is 0 Å². The zero-order valence-corrected chi connectivity index (χ0v) is 13.1. The standard InChI is InChI=1S/C17H27N3O/c1-2-20(13-17-7-4-10-21-17)12-16-6-3-5-15(19-16)11-18-14-8-9-14/h3,5-6,14,17-18H,2,4,7-13H2,1H3. The zero-order chi connectivity index (χ0) is 14.5. The molecule has 4 nitrogen and oxygen atoms in total. The second kappa shape index (κ2) is 7.34. The maximum atomic E-state index is 5.75. The van der Waals surface area contributed by atoms with Gasteiger partial charge in [-0.15, -0.1) is 0 Å². The van der Waals surface area contributed by atoms with Crippen LogP contribution in [0.15, 0.2) is 18.2 Å². The topological polar surface area (TPSA) is 37.4 Å². The first-order valence-electron chi connectivity index (χ1n) is 8.35. The highest BCUT2D eigenvalue weighted by Crippen LogP contribution is 2.19. The van der Waals surface area contributed by atoms with Crippen molar-refractivity contribution in [2.24, 2.45) is 0 Å². The van der Waals surface area contributed by atoms with Crippen molar-refractivity contribution in [3.63, 3.8) is 0 Å². The van der Waals surface area contributed by atoms with E-state index in [9.17, 15) is 0 Å². The fourth-order valence-electron chi connectivity index (χ4n) is 2.86. The Labute approximate surface area is 127 Å². The molecule has 1 atom stereocenters. The number of nitrogens with one attached hydrogen (secondary N) is 1. The van der Waals surface area contributed by atoms with E-state index >= 15 is 0 Å². The van der Waals surface area contributed by atoms with Crippen molar-refractivity contribution in [2.45, 2.75) is 57.8 Å². The number of rotatable bonds is 8. The van der Waals surface area contributed by atoms with Gasteiger partial charge in [0.05, 0.1) is 17.5 Å². The molecular weight excluding hydrogens is 262 g/mol. The maximum absolute atomic E-state index is 5.75. The summed E-state index contributed by atoms with van der Waals surface area (Å²) in [7, 11) is 0. The maximum Gasteiger partial charge on any atom is 0.0702 e. The van der Waals surface area contributed by atoms with Crippen molar-refractivity contribution in [1.29, 1.82) is 0 Å². The molecule has 0 amide bonds. The average Bonchev–Trinajstić information content (AvgIpc) is 3.20. The Bertz CT molecular complexity index is 441. The van der Waals surface area contributed by atoms with Gasteiger partial charge in [0.1, 0.15) is 0 Å². The second-order valence-electron chi connectivity index (χ2n) is 6.24. The summed E-state index contributed by atoms with van der Waals surface area (Å²) >= 11 is 0. The van der Waals surface area contributed by atoms with Crippen molar-refractivity contribution in [2.75, 3.05) is 19.7 Å². The van der Waals surface area contributed by atoms with Crippen LogP contribution < -0.4 is 5.32 Å². The normalized spacial score (nSPS) is 22.1. The molecule has 1 aliphatic heterocycles. The van der Waals surface area contributed by atoms with Gasteiger partial charge in [0, 0.05) is 32.3 Å². The quantitative estimate of drug-likeness (QED) is 0.797. The summed E-state index contributed by atoms with van der Waals surface area (Å²) in [5, 5.41) is 3.53. The van der Waals surface area contributed by atoms with Gasteiger partial charge in [-0.05, 0) is 44.4 Å². The molecule has 1 aliphatic carbocycles. The summed E-state index contributed by atoms with van der Waals surface area (Å²) in [4.78, 5) is 7.23. The van der Waals surface area contributed by atoms with Gasteiger partial charge in [-0.25, -0.2) is 0 Å². The van der Waals surface area contributed by atoms with E-state index in [2.05, 4.69) is 35.3 Å². The van der Waals surface area contributed by atoms with Crippen LogP contribution in [-0.2, 0) is 17.8 Å². The molecule has 0 spiro atoms. The molecule has 0 bridgehead atoms. The molecule has 2 heterocycles. The van der Waals surface area contributed by atoms with E-state index in [4.69, 9.17) is 9.72 Å². The van der Waals surface area contributed by atoms with Crippen molar-refractivity contribution in [1.82, 2.24) is 15.2 Å². The van der Waals surface area contributed by atoms with Gasteiger partial charge < -0.3 is 10.1 Å². The Kier molecular flexibility index (Phi) is 5.22. The molecule has 1 aromatic rings. The van der Waals surface area contributed by atoms with E-state index in [-0.39, 0.29) is 0 Å². The number of hydrogen-bond acceptors (Lipinski definition) is 4. The van der Waals surface area contributed by atoms with Crippen LogP contribution in [-0.4, -0.2) is 41.7 Å². The lowest BCUT2D eigenvalue weighted by Crippen LogP contribution is -2.32. The molecule has 2 aliphatic rings. The van der Waals surface area contributed by atoms with Gasteiger partial charge in [-0.3, -0.25) is 9.88 Å². The predicted octanol–water partition coefficient (Wildman–Crippen LogP) is 2.33. The summed E-state index contributed by atoms with van der Waals surface area (Å²) in [5.74, 6) is 0. The Morgan fingerprint density at radius 2 is 2.14 bits per heavy atom. The SMILES string of the molecule is CCN(Cc1cccc(CNC2CC2)n1)CC1CCCO1. The minimum atomic E-state index is 0.421. The average molecular weight is 289 g/mol. The minimum absolute atomic E-state index is 0.421. The molecule has 21 heavy (non-hydrogen) atoms. The molecule has 1 saturated carbocycles. The number of likely N-dealkylation sites (N-methyl/N-ethyl adjacent to an activating group) is 1. The predicted molar refractivity (Wildman–Crippen MR) is 84.0 cm³/mol. The van der Waals surface area contributed by atoms with E-state index in [1.54, 1.807) is 0 Å². The first-order valence-corrected chi connectivity index (χ1v) is 8.35. The molecule has 0 radical (unpaired) electrons. The van der Waals surface area contributed by atoms with Crippen LogP contribution in [0.25, 0.3) is 0 Å². The van der Waals surface area contributed by atoms with E-state index < -0.39 is 0 Å². The van der Waals surface area contributed by atoms with Crippen molar-refractivity contribution < 1.29 is 4.74 Å².